The van der Waals surface area contributed by atoms with E-state index in [0.29, 0.717) is 30.6 Å². The van der Waals surface area contributed by atoms with Gasteiger partial charge in [0.2, 0.25) is 0 Å². The number of benzene rings is 1. The largest absolute Gasteiger partial charge is 0.490 e. The second kappa shape index (κ2) is 8.69. The lowest BCUT2D eigenvalue weighted by atomic mass is 9.90. The van der Waals surface area contributed by atoms with Crippen LogP contribution in [0.15, 0.2) is 48.8 Å². The van der Waals surface area contributed by atoms with Crippen molar-refractivity contribution in [2.45, 2.75) is 50.7 Å². The molecule has 6 heteroatoms. The van der Waals surface area contributed by atoms with Crippen molar-refractivity contribution in [2.24, 2.45) is 5.92 Å². The average molecular weight is 420 g/mol. The summed E-state index contributed by atoms with van der Waals surface area (Å²) in [6.07, 6.45) is 9.79. The number of piperidine rings is 1. The molecule has 2 amide bonds. The van der Waals surface area contributed by atoms with Gasteiger partial charge in [-0.3, -0.25) is 14.6 Å². The Labute approximate surface area is 183 Å². The molecule has 2 saturated heterocycles. The van der Waals surface area contributed by atoms with E-state index in [4.69, 9.17) is 4.74 Å². The maximum Gasteiger partial charge on any atom is 0.255 e. The first-order chi connectivity index (χ1) is 15.2. The third kappa shape index (κ3) is 4.29. The number of amides is 2. The Balaban J connectivity index is 1.14. The van der Waals surface area contributed by atoms with Crippen LogP contribution in [0.2, 0.25) is 0 Å². The van der Waals surface area contributed by atoms with Crippen LogP contribution in [0.1, 0.15) is 59.2 Å². The Morgan fingerprint density at radius 3 is 2.45 bits per heavy atom. The molecule has 1 saturated carbocycles. The summed E-state index contributed by atoms with van der Waals surface area (Å²) < 4.78 is 6.14. The maximum atomic E-state index is 13.0. The number of hydrogen-bond acceptors (Lipinski definition) is 4. The molecule has 6 nitrogen and oxygen atoms in total. The highest BCUT2D eigenvalue weighted by molar-refractivity contribution is 5.95. The maximum absolute atomic E-state index is 13.0. The number of carbonyl (C=O) groups is 2. The topological polar surface area (TPSA) is 62.7 Å². The SMILES string of the molecule is O=C(c1cccnc1)N1CCC(Oc2ccc(C(=O)N3C[C@@H]4CCC[C@H]3C4)cc2)CC1. The fourth-order valence-electron chi connectivity index (χ4n) is 5.27. The first-order valence-corrected chi connectivity index (χ1v) is 11.4. The van der Waals surface area contributed by atoms with Crippen LogP contribution in [0, 0.1) is 5.92 Å². The van der Waals surface area contributed by atoms with Crippen molar-refractivity contribution in [1.82, 2.24) is 14.8 Å². The smallest absolute Gasteiger partial charge is 0.255 e. The minimum absolute atomic E-state index is 0.0285. The summed E-state index contributed by atoms with van der Waals surface area (Å²) in [5.74, 6) is 1.67. The quantitative estimate of drug-likeness (QED) is 0.757. The fourth-order valence-corrected chi connectivity index (χ4v) is 5.27. The Kier molecular flexibility index (Phi) is 5.62. The Morgan fingerprint density at radius 2 is 1.74 bits per heavy atom. The minimum Gasteiger partial charge on any atom is -0.490 e. The number of nitrogens with zero attached hydrogens (tertiary/aromatic N) is 3. The van der Waals surface area contributed by atoms with Gasteiger partial charge in [0.15, 0.2) is 0 Å². The van der Waals surface area contributed by atoms with Crippen LogP contribution in [0.5, 0.6) is 5.75 Å². The van der Waals surface area contributed by atoms with Gasteiger partial charge in [-0.15, -0.1) is 0 Å². The highest BCUT2D eigenvalue weighted by atomic mass is 16.5. The Hall–Kier alpha value is -2.89. The highest BCUT2D eigenvalue weighted by Crippen LogP contribution is 2.36. The van der Waals surface area contributed by atoms with Gasteiger partial charge in [-0.25, -0.2) is 0 Å². The van der Waals surface area contributed by atoms with Crippen molar-refractivity contribution >= 4 is 11.8 Å². The van der Waals surface area contributed by atoms with E-state index in [1.54, 1.807) is 24.5 Å². The number of ether oxygens (including phenoxy) is 1. The van der Waals surface area contributed by atoms with Crippen LogP contribution in [0.25, 0.3) is 0 Å². The molecule has 5 rings (SSSR count). The molecular formula is C25H29N3O3. The molecule has 1 aliphatic carbocycles. The van der Waals surface area contributed by atoms with Gasteiger partial charge in [0.05, 0.1) is 5.56 Å². The zero-order valence-electron chi connectivity index (χ0n) is 17.8. The highest BCUT2D eigenvalue weighted by Gasteiger charge is 2.37. The molecule has 1 aromatic carbocycles. The molecule has 3 heterocycles. The molecule has 0 spiro atoms. The lowest BCUT2D eigenvalue weighted by molar-refractivity contribution is 0.0595. The molecule has 162 valence electrons. The van der Waals surface area contributed by atoms with E-state index in [9.17, 15) is 9.59 Å². The summed E-state index contributed by atoms with van der Waals surface area (Å²) in [4.78, 5) is 33.5. The average Bonchev–Trinajstić information content (AvgIpc) is 3.12. The molecule has 2 aromatic rings. The third-order valence-corrected chi connectivity index (χ3v) is 6.95. The predicted octanol–water partition coefficient (Wildman–Crippen LogP) is 3.78. The lowest BCUT2D eigenvalue weighted by Gasteiger charge is -2.32. The van der Waals surface area contributed by atoms with E-state index in [2.05, 4.69) is 9.88 Å². The van der Waals surface area contributed by atoms with E-state index < -0.39 is 0 Å². The fraction of sp³-hybridized carbons (Fsp3) is 0.480. The summed E-state index contributed by atoms with van der Waals surface area (Å²) in [6.45, 7) is 2.26. The number of pyridine rings is 1. The van der Waals surface area contributed by atoms with Crippen LogP contribution >= 0.6 is 0 Å². The van der Waals surface area contributed by atoms with Crippen molar-refractivity contribution in [3.05, 3.63) is 59.9 Å². The summed E-state index contributed by atoms with van der Waals surface area (Å²) >= 11 is 0. The van der Waals surface area contributed by atoms with E-state index >= 15 is 0 Å². The van der Waals surface area contributed by atoms with Gasteiger partial charge in [0.25, 0.3) is 11.8 Å². The zero-order valence-corrected chi connectivity index (χ0v) is 17.8. The van der Waals surface area contributed by atoms with Crippen molar-refractivity contribution in [3.8, 4) is 5.75 Å². The van der Waals surface area contributed by atoms with Crippen LogP contribution in [0.4, 0.5) is 0 Å². The van der Waals surface area contributed by atoms with Crippen molar-refractivity contribution in [2.75, 3.05) is 19.6 Å². The summed E-state index contributed by atoms with van der Waals surface area (Å²) in [5, 5.41) is 0. The number of fused-ring (bicyclic) bond motifs is 2. The summed E-state index contributed by atoms with van der Waals surface area (Å²) in [6, 6.07) is 11.6. The van der Waals surface area contributed by atoms with E-state index in [1.165, 1.54) is 19.3 Å². The summed E-state index contributed by atoms with van der Waals surface area (Å²) in [7, 11) is 0. The normalized spacial score (nSPS) is 23.6. The van der Waals surface area contributed by atoms with Gasteiger partial charge in [0, 0.05) is 56.5 Å². The van der Waals surface area contributed by atoms with Crippen molar-refractivity contribution in [3.63, 3.8) is 0 Å². The molecule has 1 aromatic heterocycles. The molecule has 0 radical (unpaired) electrons. The number of likely N-dealkylation sites (tertiary alicyclic amines) is 2. The first kappa shape index (κ1) is 20.0. The van der Waals surface area contributed by atoms with Crippen LogP contribution in [-0.4, -0.2) is 58.4 Å². The third-order valence-electron chi connectivity index (χ3n) is 6.95. The van der Waals surface area contributed by atoms with Gasteiger partial charge in [-0.2, -0.15) is 0 Å². The molecule has 2 aliphatic heterocycles. The van der Waals surface area contributed by atoms with Gasteiger partial charge in [-0.05, 0) is 61.6 Å². The lowest BCUT2D eigenvalue weighted by Crippen LogP contribution is -2.41. The standard InChI is InChI=1S/C25H29N3O3/c29-24(20-4-2-12-26-16-20)27-13-10-23(11-14-27)31-22-8-6-19(7-9-22)25(30)28-17-18-3-1-5-21(28)15-18/h2,4,6-9,12,16,18,21,23H,1,3,5,10-11,13-15,17H2/t18-,21+/m1/s1. The van der Waals surface area contributed by atoms with Crippen LogP contribution in [0.3, 0.4) is 0 Å². The second-order valence-corrected chi connectivity index (χ2v) is 9.02. The van der Waals surface area contributed by atoms with Crippen LogP contribution in [-0.2, 0) is 0 Å². The van der Waals surface area contributed by atoms with Gasteiger partial charge >= 0.3 is 0 Å². The molecule has 31 heavy (non-hydrogen) atoms. The predicted molar refractivity (Wildman–Crippen MR) is 117 cm³/mol. The molecule has 0 unspecified atom stereocenters. The Morgan fingerprint density at radius 1 is 0.935 bits per heavy atom. The molecule has 2 atom stereocenters. The van der Waals surface area contributed by atoms with E-state index in [-0.39, 0.29) is 17.9 Å². The Bertz CT molecular complexity index is 923. The number of rotatable bonds is 4. The molecule has 3 aliphatic rings. The summed E-state index contributed by atoms with van der Waals surface area (Å²) in [5.41, 5.74) is 1.38. The van der Waals surface area contributed by atoms with Gasteiger partial charge in [-0.1, -0.05) is 6.42 Å². The molecule has 0 N–H and O–H groups in total. The molecule has 3 fully saturated rings. The van der Waals surface area contributed by atoms with E-state index in [1.807, 2.05) is 29.2 Å². The van der Waals surface area contributed by atoms with E-state index in [0.717, 1.165) is 37.1 Å². The number of carbonyl (C=O) groups excluding carboxylic acids is 2. The van der Waals surface area contributed by atoms with Crippen molar-refractivity contribution < 1.29 is 14.3 Å². The van der Waals surface area contributed by atoms with Crippen molar-refractivity contribution in [1.29, 1.82) is 0 Å². The van der Waals surface area contributed by atoms with Gasteiger partial charge in [0.1, 0.15) is 11.9 Å². The zero-order chi connectivity index (χ0) is 21.2. The second-order valence-electron chi connectivity index (χ2n) is 9.02. The molecular weight excluding hydrogens is 390 g/mol. The molecule has 2 bridgehead atoms. The van der Waals surface area contributed by atoms with Gasteiger partial charge < -0.3 is 14.5 Å². The first-order valence-electron chi connectivity index (χ1n) is 11.4. The number of aromatic nitrogens is 1. The monoisotopic (exact) mass is 419 g/mol. The number of hydrogen-bond donors (Lipinski definition) is 0. The minimum atomic E-state index is 0.0285. The van der Waals surface area contributed by atoms with Crippen LogP contribution < -0.4 is 4.74 Å².